The number of urea groups is 1. The van der Waals surface area contributed by atoms with Gasteiger partial charge in [0.25, 0.3) is 0 Å². The van der Waals surface area contributed by atoms with Crippen LogP contribution in [0, 0.1) is 11.7 Å². The third-order valence-electron chi connectivity index (χ3n) is 4.72. The fraction of sp³-hybridized carbons (Fsp3) is 0.500. The van der Waals surface area contributed by atoms with Crippen molar-refractivity contribution in [2.24, 2.45) is 5.92 Å². The van der Waals surface area contributed by atoms with Crippen LogP contribution in [-0.2, 0) is 6.42 Å². The lowest BCUT2D eigenvalue weighted by Gasteiger charge is -2.10. The first kappa shape index (κ1) is 15.8. The molecule has 4 nitrogen and oxygen atoms in total. The molecule has 0 aliphatic heterocycles. The van der Waals surface area contributed by atoms with Crippen LogP contribution >= 0.6 is 0 Å². The third kappa shape index (κ3) is 4.24. The zero-order chi connectivity index (χ0) is 16.1. The maximum absolute atomic E-state index is 13.3. The molecule has 1 fully saturated rings. The molecule has 0 radical (unpaired) electrons. The summed E-state index contributed by atoms with van der Waals surface area (Å²) in [4.78, 5) is 14.9. The smallest absolute Gasteiger partial charge is 0.314 e. The Morgan fingerprint density at radius 1 is 1.22 bits per heavy atom. The summed E-state index contributed by atoms with van der Waals surface area (Å²) in [6, 6.07) is 4.59. The van der Waals surface area contributed by atoms with Crippen molar-refractivity contribution >= 4 is 16.9 Å². The Bertz CT molecular complexity index is 661. The van der Waals surface area contributed by atoms with Gasteiger partial charge in [0, 0.05) is 30.2 Å². The molecule has 1 heterocycles. The van der Waals surface area contributed by atoms with Crippen LogP contribution in [0.5, 0.6) is 0 Å². The second kappa shape index (κ2) is 7.49. The van der Waals surface area contributed by atoms with Crippen LogP contribution in [0.15, 0.2) is 24.4 Å². The number of aromatic amines is 1. The molecule has 0 unspecified atom stereocenters. The SMILES string of the molecule is O=C(NCCc1c[nH]c2ccc(F)cc12)NCCC1CCCC1. The van der Waals surface area contributed by atoms with Gasteiger partial charge in [-0.25, -0.2) is 9.18 Å². The Morgan fingerprint density at radius 2 is 2.00 bits per heavy atom. The number of amides is 2. The van der Waals surface area contributed by atoms with Crippen molar-refractivity contribution in [2.45, 2.75) is 38.5 Å². The topological polar surface area (TPSA) is 56.9 Å². The molecule has 3 rings (SSSR count). The van der Waals surface area contributed by atoms with E-state index < -0.39 is 0 Å². The van der Waals surface area contributed by atoms with Crippen LogP contribution in [0.4, 0.5) is 9.18 Å². The van der Waals surface area contributed by atoms with Crippen molar-refractivity contribution in [2.75, 3.05) is 13.1 Å². The van der Waals surface area contributed by atoms with E-state index in [4.69, 9.17) is 0 Å². The highest BCUT2D eigenvalue weighted by molar-refractivity contribution is 5.83. The van der Waals surface area contributed by atoms with Crippen molar-refractivity contribution in [1.82, 2.24) is 15.6 Å². The Balaban J connectivity index is 1.39. The first-order chi connectivity index (χ1) is 11.2. The van der Waals surface area contributed by atoms with E-state index in [0.717, 1.165) is 35.3 Å². The number of rotatable bonds is 6. The van der Waals surface area contributed by atoms with Crippen LogP contribution in [0.3, 0.4) is 0 Å². The minimum Gasteiger partial charge on any atom is -0.361 e. The normalized spacial score (nSPS) is 15.2. The average Bonchev–Trinajstić information content (AvgIpc) is 3.17. The lowest BCUT2D eigenvalue weighted by molar-refractivity contribution is 0.240. The van der Waals surface area contributed by atoms with Gasteiger partial charge >= 0.3 is 6.03 Å². The molecule has 23 heavy (non-hydrogen) atoms. The Kier molecular flexibility index (Phi) is 5.16. The number of carbonyl (C=O) groups is 1. The maximum Gasteiger partial charge on any atom is 0.314 e. The number of halogens is 1. The van der Waals surface area contributed by atoms with Crippen LogP contribution in [0.2, 0.25) is 0 Å². The minimum absolute atomic E-state index is 0.117. The largest absolute Gasteiger partial charge is 0.361 e. The molecular formula is C18H24FN3O. The van der Waals surface area contributed by atoms with E-state index in [1.807, 2.05) is 6.20 Å². The molecular weight excluding hydrogens is 293 g/mol. The highest BCUT2D eigenvalue weighted by atomic mass is 19.1. The Hall–Kier alpha value is -2.04. The molecule has 1 aliphatic rings. The zero-order valence-corrected chi connectivity index (χ0v) is 13.3. The van der Waals surface area contributed by atoms with Crippen molar-refractivity contribution < 1.29 is 9.18 Å². The van der Waals surface area contributed by atoms with E-state index in [1.54, 1.807) is 6.07 Å². The molecule has 0 atom stereocenters. The zero-order valence-electron chi connectivity index (χ0n) is 13.3. The molecule has 2 aromatic rings. The van der Waals surface area contributed by atoms with Crippen LogP contribution in [0.1, 0.15) is 37.7 Å². The molecule has 3 N–H and O–H groups in total. The van der Waals surface area contributed by atoms with Gasteiger partial charge in [-0.1, -0.05) is 25.7 Å². The summed E-state index contributed by atoms with van der Waals surface area (Å²) in [5.41, 5.74) is 1.94. The summed E-state index contributed by atoms with van der Waals surface area (Å²) in [5.74, 6) is 0.549. The molecule has 0 bridgehead atoms. The highest BCUT2D eigenvalue weighted by Crippen LogP contribution is 2.26. The fourth-order valence-corrected chi connectivity index (χ4v) is 3.42. The molecule has 0 spiro atoms. The monoisotopic (exact) mass is 317 g/mol. The fourth-order valence-electron chi connectivity index (χ4n) is 3.42. The Morgan fingerprint density at radius 3 is 2.83 bits per heavy atom. The Labute approximate surface area is 135 Å². The number of fused-ring (bicyclic) bond motifs is 1. The van der Waals surface area contributed by atoms with Gasteiger partial charge in [-0.2, -0.15) is 0 Å². The van der Waals surface area contributed by atoms with Gasteiger partial charge in [0.15, 0.2) is 0 Å². The van der Waals surface area contributed by atoms with Gasteiger partial charge in [0.1, 0.15) is 5.82 Å². The maximum atomic E-state index is 13.3. The minimum atomic E-state index is -0.240. The number of hydrogen-bond acceptors (Lipinski definition) is 1. The lowest BCUT2D eigenvalue weighted by atomic mass is 10.0. The van der Waals surface area contributed by atoms with Crippen molar-refractivity contribution in [3.63, 3.8) is 0 Å². The van der Waals surface area contributed by atoms with Crippen molar-refractivity contribution in [3.8, 4) is 0 Å². The summed E-state index contributed by atoms with van der Waals surface area (Å²) < 4.78 is 13.3. The number of nitrogens with one attached hydrogen (secondary N) is 3. The van der Waals surface area contributed by atoms with Gasteiger partial charge in [-0.05, 0) is 42.5 Å². The van der Waals surface area contributed by atoms with Gasteiger partial charge in [0.2, 0.25) is 0 Å². The van der Waals surface area contributed by atoms with Gasteiger partial charge in [0.05, 0.1) is 0 Å². The van der Waals surface area contributed by atoms with Crippen LogP contribution in [-0.4, -0.2) is 24.1 Å². The highest BCUT2D eigenvalue weighted by Gasteiger charge is 2.14. The molecule has 1 aliphatic carbocycles. The van der Waals surface area contributed by atoms with Crippen molar-refractivity contribution in [1.29, 1.82) is 0 Å². The van der Waals surface area contributed by atoms with Crippen LogP contribution in [0.25, 0.3) is 10.9 Å². The molecule has 2 amide bonds. The molecule has 1 aromatic heterocycles. The van der Waals surface area contributed by atoms with E-state index in [2.05, 4.69) is 15.6 Å². The van der Waals surface area contributed by atoms with Gasteiger partial charge in [-0.15, -0.1) is 0 Å². The third-order valence-corrected chi connectivity index (χ3v) is 4.72. The first-order valence-corrected chi connectivity index (χ1v) is 8.49. The summed E-state index contributed by atoms with van der Waals surface area (Å²) in [5, 5.41) is 6.67. The number of carbonyl (C=O) groups excluding carboxylic acids is 1. The molecule has 1 saturated carbocycles. The van der Waals surface area contributed by atoms with E-state index in [-0.39, 0.29) is 11.8 Å². The van der Waals surface area contributed by atoms with E-state index >= 15 is 0 Å². The predicted octanol–water partition coefficient (Wildman–Crippen LogP) is 3.73. The van der Waals surface area contributed by atoms with E-state index in [0.29, 0.717) is 13.0 Å². The second-order valence-corrected chi connectivity index (χ2v) is 6.38. The first-order valence-electron chi connectivity index (χ1n) is 8.49. The van der Waals surface area contributed by atoms with Gasteiger partial charge < -0.3 is 15.6 Å². The number of aromatic nitrogens is 1. The number of H-pyrrole nitrogens is 1. The quantitative estimate of drug-likeness (QED) is 0.747. The lowest BCUT2D eigenvalue weighted by Crippen LogP contribution is -2.37. The van der Waals surface area contributed by atoms with E-state index in [9.17, 15) is 9.18 Å². The predicted molar refractivity (Wildman–Crippen MR) is 89.9 cm³/mol. The standard InChI is InChI=1S/C18H24FN3O/c19-15-5-6-17-16(11-15)14(12-22-17)8-10-21-18(23)20-9-7-13-3-1-2-4-13/h5-6,11-13,22H,1-4,7-10H2,(H2,20,21,23). The number of hydrogen-bond donors (Lipinski definition) is 3. The molecule has 1 aromatic carbocycles. The van der Waals surface area contributed by atoms with E-state index in [1.165, 1.54) is 37.8 Å². The van der Waals surface area contributed by atoms with Crippen molar-refractivity contribution in [3.05, 3.63) is 35.8 Å². The second-order valence-electron chi connectivity index (χ2n) is 6.38. The number of benzene rings is 1. The summed E-state index contributed by atoms with van der Waals surface area (Å²) in [6.07, 6.45) is 8.92. The van der Waals surface area contributed by atoms with Crippen LogP contribution < -0.4 is 10.6 Å². The molecule has 5 heteroatoms. The summed E-state index contributed by atoms with van der Waals surface area (Å²) >= 11 is 0. The molecule has 0 saturated heterocycles. The molecule has 124 valence electrons. The van der Waals surface area contributed by atoms with Gasteiger partial charge in [-0.3, -0.25) is 0 Å². The average molecular weight is 317 g/mol. The summed E-state index contributed by atoms with van der Waals surface area (Å²) in [7, 11) is 0. The summed E-state index contributed by atoms with van der Waals surface area (Å²) in [6.45, 7) is 1.29.